The lowest BCUT2D eigenvalue weighted by molar-refractivity contribution is -0.133. The molecule has 1 aliphatic heterocycles. The van der Waals surface area contributed by atoms with Crippen LogP contribution < -0.4 is 9.64 Å². The Balaban J connectivity index is 1.88. The molecule has 5 nitrogen and oxygen atoms in total. The van der Waals surface area contributed by atoms with Gasteiger partial charge in [-0.2, -0.15) is 0 Å². The molecule has 0 bridgehead atoms. The first kappa shape index (κ1) is 18.8. The topological polar surface area (TPSA) is 46.8 Å². The summed E-state index contributed by atoms with van der Waals surface area (Å²) in [5.74, 6) is -2.83. The molecular weight excluding hydrogens is 439 g/mol. The van der Waals surface area contributed by atoms with E-state index in [1.807, 2.05) is 0 Å². The van der Waals surface area contributed by atoms with Gasteiger partial charge in [0, 0.05) is 24.4 Å². The fourth-order valence-corrected chi connectivity index (χ4v) is 3.60. The molecule has 1 aromatic carbocycles. The maximum Gasteiger partial charge on any atom is 0.271 e. The molecule has 0 N–H and O–H groups in total. The second-order valence-corrected chi connectivity index (χ2v) is 7.94. The fourth-order valence-electron chi connectivity index (χ4n) is 3.28. The monoisotopic (exact) mass is 453 g/mol. The molecule has 3 aromatic rings. The van der Waals surface area contributed by atoms with Crippen LogP contribution in [-0.4, -0.2) is 20.9 Å². The van der Waals surface area contributed by atoms with Crippen molar-refractivity contribution < 1.29 is 22.7 Å². The van der Waals surface area contributed by atoms with Gasteiger partial charge in [-0.15, -0.1) is 0 Å². The van der Waals surface area contributed by atoms with Crippen molar-refractivity contribution >= 4 is 33.2 Å². The Labute approximate surface area is 166 Å². The van der Waals surface area contributed by atoms with Crippen LogP contribution in [0.5, 0.6) is 5.75 Å². The lowest BCUT2D eigenvalue weighted by atomic mass is 10.0. The van der Waals surface area contributed by atoms with E-state index in [9.17, 15) is 18.0 Å². The van der Waals surface area contributed by atoms with Gasteiger partial charge in [0.2, 0.25) is 0 Å². The molecule has 0 saturated carbocycles. The van der Waals surface area contributed by atoms with Crippen molar-refractivity contribution in [2.45, 2.75) is 32.9 Å². The summed E-state index contributed by atoms with van der Waals surface area (Å²) >= 11 is 3.14. The van der Waals surface area contributed by atoms with E-state index in [1.165, 1.54) is 31.0 Å². The predicted molar refractivity (Wildman–Crippen MR) is 99.8 cm³/mol. The van der Waals surface area contributed by atoms with Crippen molar-refractivity contribution in [2.24, 2.45) is 0 Å². The SMILES string of the molecule is Cc1nc2cc(F)c(Br)cn2c1CN1C(=O)C(C)(C)Oc2c(F)cc(F)cc21. The molecule has 0 saturated heterocycles. The number of amides is 1. The van der Waals surface area contributed by atoms with E-state index in [0.717, 1.165) is 6.07 Å². The molecule has 0 fully saturated rings. The highest BCUT2D eigenvalue weighted by Gasteiger charge is 2.43. The number of ether oxygens (including phenoxy) is 1. The quantitative estimate of drug-likeness (QED) is 0.572. The maximum atomic E-state index is 14.3. The molecule has 2 aromatic heterocycles. The smallest absolute Gasteiger partial charge is 0.271 e. The lowest BCUT2D eigenvalue weighted by Crippen LogP contribution is -2.52. The number of hydrogen-bond acceptors (Lipinski definition) is 3. The molecule has 28 heavy (non-hydrogen) atoms. The van der Waals surface area contributed by atoms with Gasteiger partial charge >= 0.3 is 0 Å². The van der Waals surface area contributed by atoms with E-state index < -0.39 is 29.0 Å². The van der Waals surface area contributed by atoms with Crippen molar-refractivity contribution in [3.05, 3.63) is 57.7 Å². The van der Waals surface area contributed by atoms with Gasteiger partial charge in [-0.1, -0.05) is 0 Å². The highest BCUT2D eigenvalue weighted by atomic mass is 79.9. The van der Waals surface area contributed by atoms with E-state index in [2.05, 4.69) is 20.9 Å². The van der Waals surface area contributed by atoms with Crippen LogP contribution in [0.15, 0.2) is 28.9 Å². The minimum Gasteiger partial charge on any atom is -0.473 e. The number of fused-ring (bicyclic) bond motifs is 2. The first-order chi connectivity index (χ1) is 13.1. The number of aryl methyl sites for hydroxylation is 1. The highest BCUT2D eigenvalue weighted by molar-refractivity contribution is 9.10. The molecule has 146 valence electrons. The zero-order valence-corrected chi connectivity index (χ0v) is 16.8. The van der Waals surface area contributed by atoms with Gasteiger partial charge in [0.15, 0.2) is 17.2 Å². The van der Waals surface area contributed by atoms with Gasteiger partial charge < -0.3 is 9.14 Å². The van der Waals surface area contributed by atoms with Gasteiger partial charge in [0.25, 0.3) is 5.91 Å². The summed E-state index contributed by atoms with van der Waals surface area (Å²) in [5, 5.41) is 0. The van der Waals surface area contributed by atoms with Crippen molar-refractivity contribution in [2.75, 3.05) is 4.90 Å². The first-order valence-electron chi connectivity index (χ1n) is 8.41. The molecule has 0 aliphatic carbocycles. The number of aromatic nitrogens is 2. The van der Waals surface area contributed by atoms with E-state index >= 15 is 0 Å². The Morgan fingerprint density at radius 3 is 2.61 bits per heavy atom. The second kappa shape index (κ2) is 6.23. The molecule has 0 unspecified atom stereocenters. The minimum absolute atomic E-state index is 0.00245. The molecule has 0 atom stereocenters. The second-order valence-electron chi connectivity index (χ2n) is 7.08. The molecular formula is C19H15BrF3N3O2. The van der Waals surface area contributed by atoms with Crippen molar-refractivity contribution in [3.63, 3.8) is 0 Å². The molecule has 0 spiro atoms. The summed E-state index contributed by atoms with van der Waals surface area (Å²) in [7, 11) is 0. The van der Waals surface area contributed by atoms with E-state index in [1.54, 1.807) is 11.3 Å². The molecule has 4 rings (SSSR count). The summed E-state index contributed by atoms with van der Waals surface area (Å²) in [4.78, 5) is 18.6. The van der Waals surface area contributed by atoms with Crippen molar-refractivity contribution in [1.82, 2.24) is 9.38 Å². The Morgan fingerprint density at radius 2 is 1.89 bits per heavy atom. The van der Waals surface area contributed by atoms with Crippen molar-refractivity contribution in [1.29, 1.82) is 0 Å². The summed E-state index contributed by atoms with van der Waals surface area (Å²) in [6.07, 6.45) is 1.50. The average molecular weight is 454 g/mol. The van der Waals surface area contributed by atoms with Crippen LogP contribution in [0, 0.1) is 24.4 Å². The number of pyridine rings is 1. The third-order valence-electron chi connectivity index (χ3n) is 4.67. The normalized spacial score (nSPS) is 15.7. The molecule has 0 radical (unpaired) electrons. The molecule has 1 amide bonds. The van der Waals surface area contributed by atoms with Gasteiger partial charge in [-0.05, 0) is 36.7 Å². The van der Waals surface area contributed by atoms with Gasteiger partial charge in [0.1, 0.15) is 17.3 Å². The Morgan fingerprint density at radius 1 is 1.18 bits per heavy atom. The number of imidazole rings is 1. The first-order valence-corrected chi connectivity index (χ1v) is 9.20. The summed E-state index contributed by atoms with van der Waals surface area (Å²) in [6.45, 7) is 4.73. The number of halogens is 4. The van der Waals surface area contributed by atoms with Crippen LogP contribution in [0.3, 0.4) is 0 Å². The number of anilines is 1. The molecule has 9 heteroatoms. The zero-order chi connectivity index (χ0) is 20.4. The third kappa shape index (κ3) is 2.85. The standard InChI is InChI=1S/C19H15BrF3N3O2/c1-9-15(25-7-11(20)12(22)6-16(25)24-9)8-26-14-5-10(21)4-13(23)17(14)28-19(2,3)18(26)27/h4-7H,8H2,1-3H3. The average Bonchev–Trinajstić information content (AvgIpc) is 2.88. The van der Waals surface area contributed by atoms with E-state index in [4.69, 9.17) is 4.74 Å². The van der Waals surface area contributed by atoms with Crippen LogP contribution in [0.2, 0.25) is 0 Å². The van der Waals surface area contributed by atoms with Gasteiger partial charge in [0.05, 0.1) is 28.1 Å². The van der Waals surface area contributed by atoms with Crippen LogP contribution in [0.25, 0.3) is 5.65 Å². The van der Waals surface area contributed by atoms with E-state index in [-0.39, 0.29) is 22.5 Å². The number of carbonyl (C=O) groups excluding carboxylic acids is 1. The van der Waals surface area contributed by atoms with Crippen LogP contribution in [0.1, 0.15) is 25.2 Å². The number of hydrogen-bond donors (Lipinski definition) is 0. The Hall–Kier alpha value is -2.55. The van der Waals surface area contributed by atoms with Crippen LogP contribution in [-0.2, 0) is 11.3 Å². The van der Waals surface area contributed by atoms with Gasteiger partial charge in [-0.3, -0.25) is 9.69 Å². The number of benzene rings is 1. The number of carbonyl (C=O) groups is 1. The lowest BCUT2D eigenvalue weighted by Gasteiger charge is -2.38. The highest BCUT2D eigenvalue weighted by Crippen LogP contribution is 2.41. The summed E-state index contributed by atoms with van der Waals surface area (Å²) in [6, 6.07) is 3.03. The van der Waals surface area contributed by atoms with Crippen molar-refractivity contribution in [3.8, 4) is 5.75 Å². The Bertz CT molecular complexity index is 1140. The fraction of sp³-hybridized carbons (Fsp3) is 0.263. The molecule has 1 aliphatic rings. The minimum atomic E-state index is -1.34. The zero-order valence-electron chi connectivity index (χ0n) is 15.2. The predicted octanol–water partition coefficient (Wildman–Crippen LogP) is 4.53. The summed E-state index contributed by atoms with van der Waals surface area (Å²) in [5.41, 5.74) is 0.161. The van der Waals surface area contributed by atoms with Crippen LogP contribution >= 0.6 is 15.9 Å². The van der Waals surface area contributed by atoms with Gasteiger partial charge in [-0.25, -0.2) is 18.2 Å². The summed E-state index contributed by atoms with van der Waals surface area (Å²) < 4.78 is 49.4. The van der Waals surface area contributed by atoms with E-state index in [0.29, 0.717) is 23.1 Å². The third-order valence-corrected chi connectivity index (χ3v) is 5.25. The Kier molecular flexibility index (Phi) is 4.18. The number of rotatable bonds is 2. The largest absolute Gasteiger partial charge is 0.473 e. The number of nitrogens with zero attached hydrogens (tertiary/aromatic N) is 3. The molecule has 3 heterocycles. The maximum absolute atomic E-state index is 14.3. The van der Waals surface area contributed by atoms with Crippen LogP contribution in [0.4, 0.5) is 18.9 Å².